The number of halogens is 2. The van der Waals surface area contributed by atoms with Crippen molar-refractivity contribution in [2.24, 2.45) is 5.73 Å². The molecular formula is C32H40Cl2N10. The molecule has 3 aromatic heterocycles. The van der Waals surface area contributed by atoms with Gasteiger partial charge in [-0.1, -0.05) is 89.2 Å². The van der Waals surface area contributed by atoms with Crippen LogP contribution in [0, 0.1) is 12.3 Å². The van der Waals surface area contributed by atoms with E-state index >= 15 is 0 Å². The van der Waals surface area contributed by atoms with Gasteiger partial charge in [0.25, 0.3) is 0 Å². The van der Waals surface area contributed by atoms with Crippen LogP contribution < -0.4 is 17.2 Å². The first-order chi connectivity index (χ1) is 20.3. The molecule has 44 heavy (non-hydrogen) atoms. The lowest BCUT2D eigenvalue weighted by Crippen LogP contribution is -1.99. The molecule has 0 bridgehead atoms. The minimum atomic E-state index is 0. The van der Waals surface area contributed by atoms with Gasteiger partial charge in [0.2, 0.25) is 0 Å². The molecule has 0 amide bonds. The van der Waals surface area contributed by atoms with E-state index in [0.717, 1.165) is 17.1 Å². The lowest BCUT2D eigenvalue weighted by Gasteiger charge is -2.01. The van der Waals surface area contributed by atoms with E-state index in [2.05, 4.69) is 79.5 Å². The van der Waals surface area contributed by atoms with Crippen LogP contribution in [0.4, 0.5) is 11.9 Å². The van der Waals surface area contributed by atoms with E-state index in [1.807, 2.05) is 54.2 Å². The van der Waals surface area contributed by atoms with Crippen molar-refractivity contribution in [1.29, 1.82) is 0 Å². The number of nitrogens with zero attached hydrogens (tertiary/aromatic N) is 5. The van der Waals surface area contributed by atoms with Gasteiger partial charge in [-0.3, -0.25) is 0 Å². The number of aromatic nitrogens is 7. The minimum Gasteiger partial charge on any atom is -0.369 e. The van der Waals surface area contributed by atoms with Crippen molar-refractivity contribution in [3.8, 4) is 12.3 Å². The second kappa shape index (κ2) is 20.1. The lowest BCUT2D eigenvalue weighted by atomic mass is 10.1. The average molecular weight is 636 g/mol. The average Bonchev–Trinajstić information content (AvgIpc) is 3.72. The molecule has 0 saturated carbocycles. The molecule has 5 rings (SSSR count). The van der Waals surface area contributed by atoms with E-state index in [-0.39, 0.29) is 24.8 Å². The van der Waals surface area contributed by atoms with E-state index in [1.54, 1.807) is 12.4 Å². The van der Waals surface area contributed by atoms with Crippen molar-refractivity contribution in [1.82, 2.24) is 34.9 Å². The van der Waals surface area contributed by atoms with E-state index < -0.39 is 0 Å². The maximum absolute atomic E-state index is 5.56. The molecule has 8 N–H and O–H groups in total. The molecule has 232 valence electrons. The Balaban J connectivity index is 0.000000370. The highest BCUT2D eigenvalue weighted by Crippen LogP contribution is 2.10. The van der Waals surface area contributed by atoms with Crippen LogP contribution in [-0.2, 0) is 19.4 Å². The van der Waals surface area contributed by atoms with Crippen LogP contribution in [0.25, 0.3) is 12.2 Å². The minimum absolute atomic E-state index is 0. The molecule has 0 unspecified atom stereocenters. The maximum atomic E-state index is 5.56. The number of imidazole rings is 2. The number of nitrogens with two attached hydrogens (primary N) is 3. The monoisotopic (exact) mass is 634 g/mol. The SMILES string of the molecule is C#CCc1cnc(N)[nH]1.C/C(=C\c1ccccc1)CN.C/C(=C\c1ccccc1)Cn1cc(Cc2cnc(N)[nH]2)nn1.Cl.Cl. The van der Waals surface area contributed by atoms with Gasteiger partial charge in [0.1, 0.15) is 0 Å². The molecule has 0 fully saturated rings. The Hall–Kier alpha value is -4.82. The van der Waals surface area contributed by atoms with Crippen molar-refractivity contribution >= 4 is 48.9 Å². The molecule has 0 radical (unpaired) electrons. The number of allylic oxidation sites excluding steroid dienone is 1. The standard InChI is InChI=1S/C16H18N6.C10H13N.C6H7N3.2ClH/c1-12(7-13-5-3-2-4-6-13)10-22-11-15(20-21-22)8-14-9-18-16(17)19-14;1-9(8-11)7-10-5-3-2-4-6-10;1-2-3-5-4-8-6(7)9-5;;/h2-7,9,11H,8,10H2,1H3,(H3,17,18,19);2-7H,8,11H2,1H3;1,4H,3H2,(H3,7,8,9);2*1H/b12-7+;9-7+;;;. The number of aromatic amines is 2. The summed E-state index contributed by atoms with van der Waals surface area (Å²) in [6, 6.07) is 20.4. The van der Waals surface area contributed by atoms with E-state index in [9.17, 15) is 0 Å². The van der Waals surface area contributed by atoms with Gasteiger partial charge in [0.15, 0.2) is 11.9 Å². The summed E-state index contributed by atoms with van der Waals surface area (Å²) in [6.45, 7) is 5.47. The van der Waals surface area contributed by atoms with Crippen molar-refractivity contribution in [3.05, 3.63) is 119 Å². The fraction of sp³-hybridized carbons (Fsp3) is 0.188. The van der Waals surface area contributed by atoms with Gasteiger partial charge >= 0.3 is 0 Å². The number of hydrogen-bond acceptors (Lipinski definition) is 7. The Kier molecular flexibility index (Phi) is 17.0. The summed E-state index contributed by atoms with van der Waals surface area (Å²) in [4.78, 5) is 13.5. The van der Waals surface area contributed by atoms with Gasteiger partial charge in [0.05, 0.1) is 31.1 Å². The molecule has 10 nitrogen and oxygen atoms in total. The van der Waals surface area contributed by atoms with Crippen molar-refractivity contribution in [3.63, 3.8) is 0 Å². The third-order valence-electron chi connectivity index (χ3n) is 5.71. The molecule has 0 saturated heterocycles. The highest BCUT2D eigenvalue weighted by atomic mass is 35.5. The van der Waals surface area contributed by atoms with Gasteiger partial charge in [-0.25, -0.2) is 14.6 Å². The Morgan fingerprint density at radius 3 is 1.84 bits per heavy atom. The molecule has 0 aliphatic rings. The predicted molar refractivity (Wildman–Crippen MR) is 185 cm³/mol. The zero-order valence-corrected chi connectivity index (χ0v) is 26.5. The fourth-order valence-electron chi connectivity index (χ4n) is 3.76. The first-order valence-electron chi connectivity index (χ1n) is 13.4. The number of H-pyrrole nitrogens is 2. The summed E-state index contributed by atoms with van der Waals surface area (Å²) in [5, 5.41) is 8.34. The summed E-state index contributed by atoms with van der Waals surface area (Å²) in [5.74, 6) is 3.31. The number of anilines is 2. The molecule has 12 heteroatoms. The third-order valence-corrected chi connectivity index (χ3v) is 5.71. The van der Waals surface area contributed by atoms with E-state index in [4.69, 9.17) is 23.6 Å². The lowest BCUT2D eigenvalue weighted by molar-refractivity contribution is 0.643. The van der Waals surface area contributed by atoms with Gasteiger partial charge in [-0.15, -0.1) is 42.3 Å². The highest BCUT2D eigenvalue weighted by Gasteiger charge is 2.05. The number of hydrogen-bond donors (Lipinski definition) is 5. The van der Waals surface area contributed by atoms with Crippen LogP contribution in [0.2, 0.25) is 0 Å². The second-order valence-corrected chi connectivity index (χ2v) is 9.56. The molecule has 0 atom stereocenters. The molecule has 0 spiro atoms. The van der Waals surface area contributed by atoms with Crippen LogP contribution in [0.3, 0.4) is 0 Å². The molecule has 0 aliphatic heterocycles. The number of terminal acetylenes is 1. The number of nitrogen functional groups attached to an aromatic ring is 2. The first kappa shape index (κ1) is 37.2. The van der Waals surface area contributed by atoms with E-state index in [0.29, 0.717) is 37.8 Å². The molecule has 2 aromatic carbocycles. The quantitative estimate of drug-likeness (QED) is 0.144. The zero-order valence-electron chi connectivity index (χ0n) is 24.9. The Morgan fingerprint density at radius 1 is 0.841 bits per heavy atom. The number of nitrogens with one attached hydrogen (secondary N) is 2. The van der Waals surface area contributed by atoms with Crippen LogP contribution >= 0.6 is 24.8 Å². The summed E-state index contributed by atoms with van der Waals surface area (Å²) < 4.78 is 1.84. The van der Waals surface area contributed by atoms with Crippen LogP contribution in [0.5, 0.6) is 0 Å². The topological polar surface area (TPSA) is 166 Å². The molecule has 3 heterocycles. The molecular weight excluding hydrogens is 595 g/mol. The zero-order chi connectivity index (χ0) is 30.2. The number of benzene rings is 2. The summed E-state index contributed by atoms with van der Waals surface area (Å²) in [7, 11) is 0. The number of rotatable bonds is 8. The van der Waals surface area contributed by atoms with E-state index in [1.165, 1.54) is 22.3 Å². The summed E-state index contributed by atoms with van der Waals surface area (Å²) in [6.07, 6.45) is 15.8. The summed E-state index contributed by atoms with van der Waals surface area (Å²) in [5.41, 5.74) is 23.8. The largest absolute Gasteiger partial charge is 0.369 e. The van der Waals surface area contributed by atoms with Gasteiger partial charge in [0, 0.05) is 30.6 Å². The first-order valence-corrected chi connectivity index (χ1v) is 13.4. The Bertz CT molecular complexity index is 1600. The smallest absolute Gasteiger partial charge is 0.197 e. The van der Waals surface area contributed by atoms with Crippen LogP contribution in [-0.4, -0.2) is 41.5 Å². The fourth-order valence-corrected chi connectivity index (χ4v) is 3.76. The van der Waals surface area contributed by atoms with Crippen molar-refractivity contribution in [2.75, 3.05) is 18.0 Å². The highest BCUT2D eigenvalue weighted by molar-refractivity contribution is 5.85. The van der Waals surface area contributed by atoms with Crippen LogP contribution in [0.1, 0.15) is 42.1 Å². The van der Waals surface area contributed by atoms with Gasteiger partial charge < -0.3 is 27.2 Å². The second-order valence-electron chi connectivity index (χ2n) is 9.56. The summed E-state index contributed by atoms with van der Waals surface area (Å²) >= 11 is 0. The third kappa shape index (κ3) is 13.9. The normalized spacial score (nSPS) is 10.6. The predicted octanol–water partition coefficient (Wildman–Crippen LogP) is 5.34. The van der Waals surface area contributed by atoms with Gasteiger partial charge in [-0.05, 0) is 25.0 Å². The van der Waals surface area contributed by atoms with Crippen molar-refractivity contribution in [2.45, 2.75) is 33.2 Å². The van der Waals surface area contributed by atoms with Crippen LogP contribution in [0.15, 0.2) is 90.4 Å². The Morgan fingerprint density at radius 2 is 1.36 bits per heavy atom. The molecule has 0 aliphatic carbocycles. The van der Waals surface area contributed by atoms with Crippen molar-refractivity contribution < 1.29 is 0 Å². The molecule has 5 aromatic rings. The Labute approximate surface area is 271 Å². The maximum Gasteiger partial charge on any atom is 0.197 e. The van der Waals surface area contributed by atoms with Gasteiger partial charge in [-0.2, -0.15) is 0 Å².